The number of hydrogen-bond donors (Lipinski definition) is 1. The highest BCUT2D eigenvalue weighted by molar-refractivity contribution is 14.1. The summed E-state index contributed by atoms with van der Waals surface area (Å²) in [6.07, 6.45) is 3.12. The maximum absolute atomic E-state index is 13.2. The summed E-state index contributed by atoms with van der Waals surface area (Å²) in [6.45, 7) is 3.98. The smallest absolute Gasteiger partial charge is 0.270 e. The molecule has 1 N–H and O–H groups in total. The van der Waals surface area contributed by atoms with Gasteiger partial charge >= 0.3 is 0 Å². The van der Waals surface area contributed by atoms with E-state index in [0.29, 0.717) is 23.6 Å². The Balaban J connectivity index is 1.93. The molecule has 8 heteroatoms. The van der Waals surface area contributed by atoms with Crippen LogP contribution in [0.5, 0.6) is 5.75 Å². The molecule has 1 aliphatic rings. The first-order valence-corrected chi connectivity index (χ1v) is 9.59. The van der Waals surface area contributed by atoms with Crippen LogP contribution < -0.4 is 15.0 Å². The van der Waals surface area contributed by atoms with Gasteiger partial charge in [-0.15, -0.1) is 0 Å². The van der Waals surface area contributed by atoms with E-state index in [9.17, 15) is 14.0 Å². The Hall–Kier alpha value is -2.59. The van der Waals surface area contributed by atoms with Gasteiger partial charge in [-0.25, -0.2) is 4.39 Å². The fourth-order valence-electron chi connectivity index (χ4n) is 2.52. The molecule has 1 heterocycles. The maximum atomic E-state index is 13.2. The minimum atomic E-state index is -0.588. The van der Waals surface area contributed by atoms with Crippen molar-refractivity contribution < 1.29 is 18.7 Å². The van der Waals surface area contributed by atoms with E-state index in [-0.39, 0.29) is 10.7 Å². The lowest BCUT2D eigenvalue weighted by atomic mass is 10.1. The molecule has 142 valence electrons. The Labute approximate surface area is 180 Å². The molecule has 0 aromatic heterocycles. The number of halogens is 2. The summed E-state index contributed by atoms with van der Waals surface area (Å²) >= 11 is 7.23. The van der Waals surface area contributed by atoms with E-state index in [4.69, 9.17) is 17.0 Å². The molecule has 1 fully saturated rings. The minimum absolute atomic E-state index is 0.0542. The van der Waals surface area contributed by atoms with Crippen molar-refractivity contribution in [2.45, 2.75) is 0 Å². The lowest BCUT2D eigenvalue weighted by Crippen LogP contribution is -2.54. The molecule has 0 unspecified atom stereocenters. The molecule has 0 aliphatic carbocycles. The van der Waals surface area contributed by atoms with E-state index in [1.807, 2.05) is 0 Å². The van der Waals surface area contributed by atoms with E-state index in [2.05, 4.69) is 34.5 Å². The van der Waals surface area contributed by atoms with E-state index >= 15 is 0 Å². The lowest BCUT2D eigenvalue weighted by molar-refractivity contribution is -0.122. The number of amides is 2. The van der Waals surface area contributed by atoms with Gasteiger partial charge in [0.25, 0.3) is 11.8 Å². The number of nitrogens with zero attached hydrogens (tertiary/aromatic N) is 1. The van der Waals surface area contributed by atoms with Crippen molar-refractivity contribution >= 4 is 63.5 Å². The molecule has 0 spiro atoms. The van der Waals surface area contributed by atoms with Gasteiger partial charge in [0, 0.05) is 0 Å². The number of benzene rings is 2. The van der Waals surface area contributed by atoms with Gasteiger partial charge < -0.3 is 4.74 Å². The van der Waals surface area contributed by atoms with Crippen molar-refractivity contribution in [3.05, 3.63) is 75.6 Å². The van der Waals surface area contributed by atoms with Gasteiger partial charge in [-0.05, 0) is 82.8 Å². The van der Waals surface area contributed by atoms with Crippen molar-refractivity contribution in [2.75, 3.05) is 11.5 Å². The molecule has 5 nitrogen and oxygen atoms in total. The van der Waals surface area contributed by atoms with Crippen LogP contribution in [-0.4, -0.2) is 23.5 Å². The fraction of sp³-hybridized carbons (Fsp3) is 0.0500. The van der Waals surface area contributed by atoms with Crippen LogP contribution in [0.2, 0.25) is 0 Å². The third-order valence-electron chi connectivity index (χ3n) is 3.81. The van der Waals surface area contributed by atoms with Gasteiger partial charge in [0.2, 0.25) is 0 Å². The van der Waals surface area contributed by atoms with Crippen molar-refractivity contribution in [3.8, 4) is 5.75 Å². The summed E-state index contributed by atoms with van der Waals surface area (Å²) in [6, 6.07) is 10.6. The maximum Gasteiger partial charge on any atom is 0.270 e. The SMILES string of the molecule is C=CCOc1ccc(/C=C2/C(=O)NC(=S)N(c3ccc(F)cc3)C2=O)cc1I. The summed E-state index contributed by atoms with van der Waals surface area (Å²) in [4.78, 5) is 26.4. The minimum Gasteiger partial charge on any atom is -0.488 e. The molecule has 0 atom stereocenters. The predicted octanol–water partition coefficient (Wildman–Crippen LogP) is 3.83. The summed E-state index contributed by atoms with van der Waals surface area (Å²) in [5.74, 6) is -0.929. The summed E-state index contributed by atoms with van der Waals surface area (Å²) in [5.41, 5.74) is 0.944. The molecule has 2 aromatic rings. The molecular weight excluding hydrogens is 494 g/mol. The van der Waals surface area contributed by atoms with Gasteiger partial charge in [0.1, 0.15) is 23.7 Å². The normalized spacial score (nSPS) is 15.6. The van der Waals surface area contributed by atoms with E-state index in [1.54, 1.807) is 24.3 Å². The van der Waals surface area contributed by atoms with Crippen LogP contribution in [0.3, 0.4) is 0 Å². The summed E-state index contributed by atoms with van der Waals surface area (Å²) in [7, 11) is 0. The molecule has 3 rings (SSSR count). The van der Waals surface area contributed by atoms with Crippen LogP contribution in [0.25, 0.3) is 6.08 Å². The number of thiocarbonyl (C=S) groups is 1. The zero-order chi connectivity index (χ0) is 20.3. The third-order valence-corrected chi connectivity index (χ3v) is 4.94. The number of rotatable bonds is 5. The first-order chi connectivity index (χ1) is 13.4. The fourth-order valence-corrected chi connectivity index (χ4v) is 3.50. The molecule has 0 radical (unpaired) electrons. The van der Waals surface area contributed by atoms with Crippen molar-refractivity contribution in [1.82, 2.24) is 5.32 Å². The molecule has 28 heavy (non-hydrogen) atoms. The highest BCUT2D eigenvalue weighted by atomic mass is 127. The third kappa shape index (κ3) is 4.28. The van der Waals surface area contributed by atoms with Crippen molar-refractivity contribution in [3.63, 3.8) is 0 Å². The van der Waals surface area contributed by atoms with Crippen LogP contribution in [0, 0.1) is 9.39 Å². The van der Waals surface area contributed by atoms with E-state index in [0.717, 1.165) is 8.47 Å². The van der Waals surface area contributed by atoms with Crippen molar-refractivity contribution in [1.29, 1.82) is 0 Å². The molecule has 0 saturated carbocycles. The van der Waals surface area contributed by atoms with Gasteiger partial charge in [-0.2, -0.15) is 0 Å². The Kier molecular flexibility index (Phi) is 6.20. The Morgan fingerprint density at radius 3 is 2.57 bits per heavy atom. The lowest BCUT2D eigenvalue weighted by Gasteiger charge is -2.28. The number of carbonyl (C=O) groups is 2. The second-order valence-corrected chi connectivity index (χ2v) is 7.27. The van der Waals surface area contributed by atoms with Crippen molar-refractivity contribution in [2.24, 2.45) is 0 Å². The molecule has 1 aliphatic heterocycles. The number of ether oxygens (including phenoxy) is 1. The number of anilines is 1. The van der Waals surface area contributed by atoms with Crippen LogP contribution in [-0.2, 0) is 9.59 Å². The van der Waals surface area contributed by atoms with Gasteiger partial charge in [0.05, 0.1) is 9.26 Å². The van der Waals surface area contributed by atoms with E-state index in [1.165, 1.54) is 30.3 Å². The molecule has 1 saturated heterocycles. The van der Waals surface area contributed by atoms with Crippen LogP contribution in [0.1, 0.15) is 5.56 Å². The van der Waals surface area contributed by atoms with Gasteiger partial charge in [-0.1, -0.05) is 18.7 Å². The number of nitrogens with one attached hydrogen (secondary N) is 1. The van der Waals surface area contributed by atoms with Crippen LogP contribution in [0.4, 0.5) is 10.1 Å². The average molecular weight is 508 g/mol. The zero-order valence-electron chi connectivity index (χ0n) is 14.4. The Morgan fingerprint density at radius 2 is 1.93 bits per heavy atom. The first kappa shape index (κ1) is 20.2. The van der Waals surface area contributed by atoms with E-state index < -0.39 is 17.6 Å². The second kappa shape index (κ2) is 8.61. The molecule has 0 bridgehead atoms. The summed E-state index contributed by atoms with van der Waals surface area (Å²) < 4.78 is 19.5. The highest BCUT2D eigenvalue weighted by Crippen LogP contribution is 2.26. The predicted molar refractivity (Wildman–Crippen MR) is 117 cm³/mol. The molecule has 2 aromatic carbocycles. The number of carbonyl (C=O) groups excluding carboxylic acids is 2. The Bertz CT molecular complexity index is 1010. The van der Waals surface area contributed by atoms with Crippen LogP contribution in [0.15, 0.2) is 60.7 Å². The summed E-state index contributed by atoms with van der Waals surface area (Å²) in [5, 5.41) is 2.44. The quantitative estimate of drug-likeness (QED) is 0.220. The van der Waals surface area contributed by atoms with Crippen LogP contribution >= 0.6 is 34.8 Å². The standard InChI is InChI=1S/C20H14FIN2O3S/c1-2-9-27-17-8-3-12(11-16(17)22)10-15-18(25)23-20(28)24(19(15)26)14-6-4-13(21)5-7-14/h2-8,10-11H,1,9H2,(H,23,25,28)/b15-10-. The van der Waals surface area contributed by atoms with Gasteiger partial charge in [-0.3, -0.25) is 19.8 Å². The highest BCUT2D eigenvalue weighted by Gasteiger charge is 2.34. The monoisotopic (exact) mass is 508 g/mol. The zero-order valence-corrected chi connectivity index (χ0v) is 17.4. The largest absolute Gasteiger partial charge is 0.488 e. The Morgan fingerprint density at radius 1 is 1.21 bits per heavy atom. The van der Waals surface area contributed by atoms with Gasteiger partial charge in [0.15, 0.2) is 5.11 Å². The molecule has 2 amide bonds. The topological polar surface area (TPSA) is 58.6 Å². The number of hydrogen-bond acceptors (Lipinski definition) is 4. The average Bonchev–Trinajstić information content (AvgIpc) is 2.66. The second-order valence-electron chi connectivity index (χ2n) is 5.72. The molecular formula is C20H14FIN2O3S. The first-order valence-electron chi connectivity index (χ1n) is 8.11.